The maximum atomic E-state index is 13.2. The third-order valence-electron chi connectivity index (χ3n) is 6.20. The normalized spacial score (nSPS) is 33.9. The molecule has 2 aromatic rings. The number of ketones is 1. The van der Waals surface area contributed by atoms with E-state index >= 15 is 0 Å². The minimum absolute atomic E-state index is 0.0353. The molecule has 2 aliphatic rings. The summed E-state index contributed by atoms with van der Waals surface area (Å²) in [4.78, 5) is 13.2. The van der Waals surface area contributed by atoms with E-state index in [-0.39, 0.29) is 28.8 Å². The van der Waals surface area contributed by atoms with Gasteiger partial charge in [-0.25, -0.2) is 0 Å². The Kier molecular flexibility index (Phi) is 3.84. The summed E-state index contributed by atoms with van der Waals surface area (Å²) in [6.45, 7) is 6.80. The van der Waals surface area contributed by atoms with Gasteiger partial charge in [-0.1, -0.05) is 81.4 Å². The number of hydrogen-bond donors (Lipinski definition) is 1. The molecule has 0 amide bonds. The average molecular weight is 333 g/mol. The van der Waals surface area contributed by atoms with E-state index in [9.17, 15) is 4.79 Å². The molecule has 2 heteroatoms. The van der Waals surface area contributed by atoms with Crippen molar-refractivity contribution in [2.75, 3.05) is 0 Å². The van der Waals surface area contributed by atoms with Gasteiger partial charge in [-0.05, 0) is 28.4 Å². The fourth-order valence-electron chi connectivity index (χ4n) is 5.54. The molecular weight excluding hydrogens is 306 g/mol. The SMILES string of the molecule is CC1(C)CC(=O)[C@H]2[C@H](c3ccccc3)N[C@H](c3ccccc3)[C@]2(C)C1. The number of nitrogens with one attached hydrogen (secondary N) is 1. The number of hydrogen-bond acceptors (Lipinski definition) is 2. The van der Waals surface area contributed by atoms with E-state index < -0.39 is 0 Å². The molecule has 1 aliphatic carbocycles. The summed E-state index contributed by atoms with van der Waals surface area (Å²) in [7, 11) is 0. The van der Waals surface area contributed by atoms with Crippen molar-refractivity contribution in [3.8, 4) is 0 Å². The third-order valence-corrected chi connectivity index (χ3v) is 6.20. The van der Waals surface area contributed by atoms with Crippen molar-refractivity contribution < 1.29 is 4.79 Å². The molecule has 2 nitrogen and oxygen atoms in total. The molecular formula is C23H27NO. The maximum Gasteiger partial charge on any atom is 0.139 e. The molecule has 1 saturated heterocycles. The van der Waals surface area contributed by atoms with Crippen molar-refractivity contribution in [2.45, 2.75) is 45.7 Å². The Balaban J connectivity index is 1.82. The zero-order valence-corrected chi connectivity index (χ0v) is 15.3. The molecule has 1 aliphatic heterocycles. The second-order valence-corrected chi connectivity index (χ2v) is 8.87. The Hall–Kier alpha value is -1.93. The van der Waals surface area contributed by atoms with Gasteiger partial charge in [0.05, 0.1) is 0 Å². The molecule has 4 rings (SSSR count). The number of Topliss-reactive ketones (excluding diaryl/α,β-unsaturated/α-hetero) is 1. The van der Waals surface area contributed by atoms with E-state index in [4.69, 9.17) is 0 Å². The lowest BCUT2D eigenvalue weighted by Gasteiger charge is -2.47. The molecule has 1 saturated carbocycles. The summed E-state index contributed by atoms with van der Waals surface area (Å²) in [5.74, 6) is 0.451. The molecule has 0 radical (unpaired) electrons. The number of benzene rings is 2. The Labute approximate surface area is 150 Å². The van der Waals surface area contributed by atoms with Gasteiger partial charge in [0.15, 0.2) is 0 Å². The second kappa shape index (κ2) is 5.81. The summed E-state index contributed by atoms with van der Waals surface area (Å²) in [6, 6.07) is 21.4. The van der Waals surface area contributed by atoms with E-state index in [1.165, 1.54) is 11.1 Å². The average Bonchev–Trinajstić information content (AvgIpc) is 2.88. The van der Waals surface area contributed by atoms with Gasteiger partial charge in [0.25, 0.3) is 0 Å². The predicted molar refractivity (Wildman–Crippen MR) is 101 cm³/mol. The topological polar surface area (TPSA) is 29.1 Å². The molecule has 130 valence electrons. The molecule has 1 heterocycles. The van der Waals surface area contributed by atoms with Crippen LogP contribution in [0.5, 0.6) is 0 Å². The van der Waals surface area contributed by atoms with Gasteiger partial charge in [0.2, 0.25) is 0 Å². The lowest BCUT2D eigenvalue weighted by atomic mass is 9.55. The Morgan fingerprint density at radius 1 is 0.880 bits per heavy atom. The van der Waals surface area contributed by atoms with Crippen LogP contribution in [0.1, 0.15) is 56.8 Å². The first-order valence-corrected chi connectivity index (χ1v) is 9.29. The number of fused-ring (bicyclic) bond motifs is 1. The lowest BCUT2D eigenvalue weighted by Crippen LogP contribution is -2.44. The first-order chi connectivity index (χ1) is 11.9. The van der Waals surface area contributed by atoms with Gasteiger partial charge in [0, 0.05) is 24.4 Å². The number of rotatable bonds is 2. The van der Waals surface area contributed by atoms with Crippen LogP contribution >= 0.6 is 0 Å². The number of carbonyl (C=O) groups is 1. The van der Waals surface area contributed by atoms with Crippen molar-refractivity contribution in [1.29, 1.82) is 0 Å². The molecule has 0 unspecified atom stereocenters. The summed E-state index contributed by atoms with van der Waals surface area (Å²) in [5, 5.41) is 3.85. The van der Waals surface area contributed by atoms with E-state index in [0.29, 0.717) is 12.2 Å². The fraction of sp³-hybridized carbons (Fsp3) is 0.435. The highest BCUT2D eigenvalue weighted by Gasteiger charge is 2.59. The van der Waals surface area contributed by atoms with E-state index in [1.54, 1.807) is 0 Å². The smallest absolute Gasteiger partial charge is 0.139 e. The molecule has 1 N–H and O–H groups in total. The van der Waals surface area contributed by atoms with E-state index in [1.807, 2.05) is 6.07 Å². The first-order valence-electron chi connectivity index (χ1n) is 9.29. The largest absolute Gasteiger partial charge is 0.302 e. The molecule has 2 fully saturated rings. The molecule has 4 atom stereocenters. The second-order valence-electron chi connectivity index (χ2n) is 8.87. The third kappa shape index (κ3) is 2.73. The Bertz CT molecular complexity index is 767. The van der Waals surface area contributed by atoms with Crippen LogP contribution in [0.4, 0.5) is 0 Å². The van der Waals surface area contributed by atoms with Crippen LogP contribution in [-0.4, -0.2) is 5.78 Å². The standard InChI is InChI=1S/C23H27NO/c1-22(2)14-18(25)19-20(16-10-6-4-7-11-16)24-21(23(19,3)15-22)17-12-8-5-9-13-17/h4-13,19-21,24H,14-15H2,1-3H3/t19-,20-,21+,23+/m0/s1. The first kappa shape index (κ1) is 16.5. The highest BCUT2D eigenvalue weighted by atomic mass is 16.1. The van der Waals surface area contributed by atoms with Crippen LogP contribution in [0.15, 0.2) is 60.7 Å². The minimum Gasteiger partial charge on any atom is -0.302 e. The monoisotopic (exact) mass is 333 g/mol. The van der Waals surface area contributed by atoms with Crippen LogP contribution in [0, 0.1) is 16.7 Å². The molecule has 0 bridgehead atoms. The van der Waals surface area contributed by atoms with Gasteiger partial charge < -0.3 is 5.32 Å². The minimum atomic E-state index is -0.0688. The summed E-state index contributed by atoms with van der Waals surface area (Å²) < 4.78 is 0. The predicted octanol–water partition coefficient (Wildman–Crippen LogP) is 5.08. The quantitative estimate of drug-likeness (QED) is 0.830. The van der Waals surface area contributed by atoms with Crippen molar-refractivity contribution >= 4 is 5.78 Å². The highest BCUT2D eigenvalue weighted by Crippen LogP contribution is 2.61. The van der Waals surface area contributed by atoms with Gasteiger partial charge in [-0.3, -0.25) is 4.79 Å². The maximum absolute atomic E-state index is 13.2. The molecule has 0 aromatic heterocycles. The van der Waals surface area contributed by atoms with E-state index in [2.05, 4.69) is 80.7 Å². The Morgan fingerprint density at radius 2 is 1.44 bits per heavy atom. The van der Waals surface area contributed by atoms with Crippen LogP contribution in [0.25, 0.3) is 0 Å². The van der Waals surface area contributed by atoms with Gasteiger partial charge in [-0.2, -0.15) is 0 Å². The van der Waals surface area contributed by atoms with E-state index in [0.717, 1.165) is 6.42 Å². The van der Waals surface area contributed by atoms with Crippen molar-refractivity contribution in [1.82, 2.24) is 5.32 Å². The lowest BCUT2D eigenvalue weighted by molar-refractivity contribution is -0.134. The fourth-order valence-corrected chi connectivity index (χ4v) is 5.54. The van der Waals surface area contributed by atoms with Crippen LogP contribution in [0.3, 0.4) is 0 Å². The van der Waals surface area contributed by atoms with Crippen LogP contribution < -0.4 is 5.32 Å². The zero-order valence-electron chi connectivity index (χ0n) is 15.3. The number of carbonyl (C=O) groups excluding carboxylic acids is 1. The van der Waals surface area contributed by atoms with Crippen molar-refractivity contribution in [3.05, 3.63) is 71.8 Å². The Morgan fingerprint density at radius 3 is 2.04 bits per heavy atom. The highest BCUT2D eigenvalue weighted by molar-refractivity contribution is 5.85. The van der Waals surface area contributed by atoms with Crippen LogP contribution in [0.2, 0.25) is 0 Å². The zero-order chi connectivity index (χ0) is 17.7. The molecule has 25 heavy (non-hydrogen) atoms. The molecule has 2 aromatic carbocycles. The van der Waals surface area contributed by atoms with Gasteiger partial charge in [0.1, 0.15) is 5.78 Å². The van der Waals surface area contributed by atoms with Gasteiger partial charge in [-0.15, -0.1) is 0 Å². The van der Waals surface area contributed by atoms with Crippen LogP contribution in [-0.2, 0) is 4.79 Å². The molecule has 0 spiro atoms. The summed E-state index contributed by atoms with van der Waals surface area (Å²) >= 11 is 0. The summed E-state index contributed by atoms with van der Waals surface area (Å²) in [5.41, 5.74) is 2.51. The summed E-state index contributed by atoms with van der Waals surface area (Å²) in [6.07, 6.45) is 1.74. The van der Waals surface area contributed by atoms with Crippen molar-refractivity contribution in [2.24, 2.45) is 16.7 Å². The van der Waals surface area contributed by atoms with Gasteiger partial charge >= 0.3 is 0 Å². The van der Waals surface area contributed by atoms with Crippen molar-refractivity contribution in [3.63, 3.8) is 0 Å².